The molecule has 3 rings (SSSR count). The number of carbonyl (C=O) groups is 1. The Balaban J connectivity index is 1.53. The Morgan fingerprint density at radius 2 is 1.68 bits per heavy atom. The molecule has 3 nitrogen and oxygen atoms in total. The molecule has 1 heterocycles. The summed E-state index contributed by atoms with van der Waals surface area (Å²) in [5, 5.41) is 3.67. The van der Waals surface area contributed by atoms with Crippen LogP contribution in [0.5, 0.6) is 0 Å². The number of amides is 1. The van der Waals surface area contributed by atoms with Gasteiger partial charge in [-0.3, -0.25) is 4.79 Å². The quantitative estimate of drug-likeness (QED) is 0.592. The molecule has 0 unspecified atom stereocenters. The maximum Gasteiger partial charge on any atom is 0.233 e. The highest BCUT2D eigenvalue weighted by atomic mass is 35.5. The standard InChI is InChI=1S/C23H29ClN2OS/c1-16-12-14-26(15-13-16)21-8-4-19(5-9-21)17(2)25-23(27)18(3)28-22-10-6-20(24)7-11-22/h4-11,16-18H,12-15H2,1-3H3,(H,25,27)/t17-,18+/m0/s1. The van der Waals surface area contributed by atoms with Crippen LogP contribution in [0.25, 0.3) is 0 Å². The first-order chi connectivity index (χ1) is 13.4. The molecule has 1 fully saturated rings. The minimum atomic E-state index is -0.168. The van der Waals surface area contributed by atoms with Crippen LogP contribution in [0.15, 0.2) is 53.4 Å². The molecule has 0 radical (unpaired) electrons. The number of nitrogens with zero attached hydrogens (tertiary/aromatic N) is 1. The Morgan fingerprint density at radius 3 is 2.29 bits per heavy atom. The smallest absolute Gasteiger partial charge is 0.233 e. The number of hydrogen-bond donors (Lipinski definition) is 1. The third kappa shape index (κ3) is 5.68. The monoisotopic (exact) mass is 416 g/mol. The maximum atomic E-state index is 12.6. The van der Waals surface area contributed by atoms with Gasteiger partial charge in [0, 0.05) is 28.7 Å². The zero-order chi connectivity index (χ0) is 20.1. The van der Waals surface area contributed by atoms with E-state index in [0.29, 0.717) is 5.02 Å². The number of hydrogen-bond acceptors (Lipinski definition) is 3. The zero-order valence-corrected chi connectivity index (χ0v) is 18.4. The molecule has 0 saturated carbocycles. The van der Waals surface area contributed by atoms with Crippen molar-refractivity contribution in [2.24, 2.45) is 5.92 Å². The molecule has 0 aromatic heterocycles. The largest absolute Gasteiger partial charge is 0.372 e. The molecule has 0 bridgehead atoms. The fourth-order valence-electron chi connectivity index (χ4n) is 3.43. The van der Waals surface area contributed by atoms with Gasteiger partial charge < -0.3 is 10.2 Å². The molecule has 1 amide bonds. The van der Waals surface area contributed by atoms with Gasteiger partial charge in [0.1, 0.15) is 0 Å². The van der Waals surface area contributed by atoms with Gasteiger partial charge in [0.05, 0.1) is 11.3 Å². The summed E-state index contributed by atoms with van der Waals surface area (Å²) in [5.74, 6) is 0.875. The van der Waals surface area contributed by atoms with Crippen LogP contribution in [0.1, 0.15) is 45.2 Å². The lowest BCUT2D eigenvalue weighted by Crippen LogP contribution is -2.33. The molecule has 1 aliphatic rings. The van der Waals surface area contributed by atoms with E-state index in [1.165, 1.54) is 18.5 Å². The van der Waals surface area contributed by atoms with E-state index < -0.39 is 0 Å². The van der Waals surface area contributed by atoms with E-state index in [9.17, 15) is 4.79 Å². The summed E-state index contributed by atoms with van der Waals surface area (Å²) >= 11 is 7.46. The van der Waals surface area contributed by atoms with E-state index in [1.54, 1.807) is 11.8 Å². The highest BCUT2D eigenvalue weighted by Crippen LogP contribution is 2.27. The predicted molar refractivity (Wildman–Crippen MR) is 120 cm³/mol. The van der Waals surface area contributed by atoms with E-state index in [1.807, 2.05) is 38.1 Å². The molecule has 28 heavy (non-hydrogen) atoms. The molecule has 150 valence electrons. The average molecular weight is 417 g/mol. The predicted octanol–water partition coefficient (Wildman–Crippen LogP) is 5.93. The normalized spacial score (nSPS) is 17.2. The first-order valence-corrected chi connectivity index (χ1v) is 11.3. The first-order valence-electron chi connectivity index (χ1n) is 10.00. The fourth-order valence-corrected chi connectivity index (χ4v) is 4.43. The van der Waals surface area contributed by atoms with Crippen LogP contribution >= 0.6 is 23.4 Å². The van der Waals surface area contributed by atoms with Gasteiger partial charge in [0.25, 0.3) is 0 Å². The second-order valence-electron chi connectivity index (χ2n) is 7.71. The molecular formula is C23H29ClN2OS. The lowest BCUT2D eigenvalue weighted by atomic mass is 9.98. The van der Waals surface area contributed by atoms with E-state index in [0.717, 1.165) is 29.5 Å². The summed E-state index contributed by atoms with van der Waals surface area (Å²) in [5.41, 5.74) is 2.41. The van der Waals surface area contributed by atoms with Crippen molar-refractivity contribution < 1.29 is 4.79 Å². The van der Waals surface area contributed by atoms with Gasteiger partial charge in [-0.05, 0) is 74.6 Å². The highest BCUT2D eigenvalue weighted by Gasteiger charge is 2.19. The molecule has 2 aromatic carbocycles. The summed E-state index contributed by atoms with van der Waals surface area (Å²) in [6.07, 6.45) is 2.52. The maximum absolute atomic E-state index is 12.6. The van der Waals surface area contributed by atoms with Crippen LogP contribution in [0.4, 0.5) is 5.69 Å². The number of halogens is 1. The minimum Gasteiger partial charge on any atom is -0.372 e. The Hall–Kier alpha value is -1.65. The third-order valence-corrected chi connectivity index (χ3v) is 6.76. The van der Waals surface area contributed by atoms with Gasteiger partial charge >= 0.3 is 0 Å². The zero-order valence-electron chi connectivity index (χ0n) is 16.8. The molecular weight excluding hydrogens is 388 g/mol. The first kappa shape index (κ1) is 21.1. The number of rotatable bonds is 6. The average Bonchev–Trinajstić information content (AvgIpc) is 2.70. The van der Waals surface area contributed by atoms with Crippen molar-refractivity contribution in [2.75, 3.05) is 18.0 Å². The molecule has 1 aliphatic heterocycles. The molecule has 1 N–H and O–H groups in total. The number of benzene rings is 2. The Morgan fingerprint density at radius 1 is 1.07 bits per heavy atom. The van der Waals surface area contributed by atoms with Crippen molar-refractivity contribution >= 4 is 35.0 Å². The molecule has 2 aromatic rings. The molecule has 5 heteroatoms. The van der Waals surface area contributed by atoms with E-state index >= 15 is 0 Å². The molecule has 2 atom stereocenters. The molecule has 0 aliphatic carbocycles. The second kappa shape index (κ2) is 9.71. The van der Waals surface area contributed by atoms with Crippen LogP contribution in [-0.4, -0.2) is 24.2 Å². The number of anilines is 1. The summed E-state index contributed by atoms with van der Waals surface area (Å²) < 4.78 is 0. The van der Waals surface area contributed by atoms with Crippen molar-refractivity contribution in [2.45, 2.75) is 49.8 Å². The summed E-state index contributed by atoms with van der Waals surface area (Å²) in [6.45, 7) is 8.56. The van der Waals surface area contributed by atoms with E-state index in [-0.39, 0.29) is 17.2 Å². The number of nitrogens with one attached hydrogen (secondary N) is 1. The molecule has 1 saturated heterocycles. The summed E-state index contributed by atoms with van der Waals surface area (Å²) in [7, 11) is 0. The summed E-state index contributed by atoms with van der Waals surface area (Å²) in [6, 6.07) is 16.2. The SMILES string of the molecule is CC1CCN(c2ccc([C@H](C)NC(=O)[C@@H](C)Sc3ccc(Cl)cc3)cc2)CC1. The second-order valence-corrected chi connectivity index (χ2v) is 9.56. The van der Waals surface area contributed by atoms with Crippen LogP contribution in [0.3, 0.4) is 0 Å². The van der Waals surface area contributed by atoms with Gasteiger partial charge in [-0.25, -0.2) is 0 Å². The molecule has 0 spiro atoms. The highest BCUT2D eigenvalue weighted by molar-refractivity contribution is 8.00. The fraction of sp³-hybridized carbons (Fsp3) is 0.435. The topological polar surface area (TPSA) is 32.3 Å². The van der Waals surface area contributed by atoms with Gasteiger partial charge in [0.15, 0.2) is 0 Å². The Kier molecular flexibility index (Phi) is 7.30. The van der Waals surface area contributed by atoms with Crippen LogP contribution in [-0.2, 0) is 4.79 Å². The van der Waals surface area contributed by atoms with Crippen molar-refractivity contribution in [1.82, 2.24) is 5.32 Å². The van der Waals surface area contributed by atoms with Crippen LogP contribution < -0.4 is 10.2 Å². The van der Waals surface area contributed by atoms with Gasteiger partial charge in [-0.2, -0.15) is 0 Å². The Bertz CT molecular complexity index is 770. The van der Waals surface area contributed by atoms with Crippen molar-refractivity contribution in [3.63, 3.8) is 0 Å². The van der Waals surface area contributed by atoms with Crippen molar-refractivity contribution in [1.29, 1.82) is 0 Å². The summed E-state index contributed by atoms with van der Waals surface area (Å²) in [4.78, 5) is 16.1. The lowest BCUT2D eigenvalue weighted by Gasteiger charge is -2.32. The number of thioether (sulfide) groups is 1. The van der Waals surface area contributed by atoms with E-state index in [4.69, 9.17) is 11.6 Å². The van der Waals surface area contributed by atoms with Gasteiger partial charge in [-0.15, -0.1) is 11.8 Å². The van der Waals surface area contributed by atoms with Gasteiger partial charge in [-0.1, -0.05) is 30.7 Å². The third-order valence-electron chi connectivity index (χ3n) is 5.40. The van der Waals surface area contributed by atoms with Crippen molar-refractivity contribution in [3.8, 4) is 0 Å². The van der Waals surface area contributed by atoms with Crippen LogP contribution in [0.2, 0.25) is 5.02 Å². The van der Waals surface area contributed by atoms with Crippen LogP contribution in [0, 0.1) is 5.92 Å². The van der Waals surface area contributed by atoms with E-state index in [2.05, 4.69) is 41.4 Å². The lowest BCUT2D eigenvalue weighted by molar-refractivity contribution is -0.120. The Labute approximate surface area is 177 Å². The van der Waals surface area contributed by atoms with Crippen molar-refractivity contribution in [3.05, 3.63) is 59.1 Å². The minimum absolute atomic E-state index is 0.0174. The van der Waals surface area contributed by atoms with Gasteiger partial charge in [0.2, 0.25) is 5.91 Å². The number of carbonyl (C=O) groups excluding carboxylic acids is 1. The number of piperidine rings is 1.